The Labute approximate surface area is 129 Å². The number of alkyl halides is 3. The lowest BCUT2D eigenvalue weighted by Gasteiger charge is -2.37. The molecular weight excluding hydrogens is 351 g/mol. The molecule has 0 aromatic heterocycles. The van der Waals surface area contributed by atoms with Gasteiger partial charge in [-0.3, -0.25) is 4.79 Å². The van der Waals surface area contributed by atoms with Crippen molar-refractivity contribution in [2.45, 2.75) is 32.2 Å². The predicted molar refractivity (Wildman–Crippen MR) is 75.1 cm³/mol. The van der Waals surface area contributed by atoms with Gasteiger partial charge in [0.15, 0.2) is 0 Å². The minimum absolute atomic E-state index is 0.185. The fourth-order valence-corrected chi connectivity index (χ4v) is 2.64. The number of carbonyl (C=O) groups is 1. The van der Waals surface area contributed by atoms with Crippen LogP contribution in [0.5, 0.6) is 0 Å². The van der Waals surface area contributed by atoms with Gasteiger partial charge in [-0.25, -0.2) is 0 Å². The van der Waals surface area contributed by atoms with E-state index in [4.69, 9.17) is 4.74 Å². The second kappa shape index (κ2) is 5.96. The fourth-order valence-electron chi connectivity index (χ4n) is 2.28. The maximum atomic E-state index is 13.1. The van der Waals surface area contributed by atoms with E-state index in [0.717, 1.165) is 6.07 Å². The second-order valence-electron chi connectivity index (χ2n) is 5.14. The molecule has 0 spiro atoms. The Kier molecular flexibility index (Phi) is 4.63. The van der Waals surface area contributed by atoms with Gasteiger partial charge in [0, 0.05) is 11.0 Å². The van der Waals surface area contributed by atoms with Crippen molar-refractivity contribution in [2.75, 3.05) is 13.2 Å². The largest absolute Gasteiger partial charge is 0.417 e. The summed E-state index contributed by atoms with van der Waals surface area (Å²) in [7, 11) is 0. The van der Waals surface area contributed by atoms with Crippen LogP contribution >= 0.6 is 15.9 Å². The lowest BCUT2D eigenvalue weighted by atomic mass is 10.0. The highest BCUT2D eigenvalue weighted by molar-refractivity contribution is 9.10. The number of halogens is 4. The summed E-state index contributed by atoms with van der Waals surface area (Å²) in [6.07, 6.45) is -4.76. The van der Waals surface area contributed by atoms with Gasteiger partial charge >= 0.3 is 6.18 Å². The standard InChI is InChI=1S/C14H15BrF3NO2/c1-8-7-21-9(2)6-19(8)13(20)11-4-3-10(15)5-12(11)14(16,17)18/h3-5,8-9H,6-7H2,1-2H3. The van der Waals surface area contributed by atoms with Gasteiger partial charge in [-0.1, -0.05) is 15.9 Å². The van der Waals surface area contributed by atoms with Crippen molar-refractivity contribution in [3.8, 4) is 0 Å². The number of rotatable bonds is 1. The van der Waals surface area contributed by atoms with E-state index in [1.54, 1.807) is 13.8 Å². The van der Waals surface area contributed by atoms with Gasteiger partial charge in [-0.05, 0) is 32.0 Å². The summed E-state index contributed by atoms with van der Waals surface area (Å²) >= 11 is 3.01. The van der Waals surface area contributed by atoms with Crippen molar-refractivity contribution < 1.29 is 22.7 Å². The third-order valence-electron chi connectivity index (χ3n) is 3.39. The molecule has 1 fully saturated rings. The lowest BCUT2D eigenvalue weighted by molar-refractivity contribution is -0.138. The Morgan fingerprint density at radius 3 is 2.67 bits per heavy atom. The van der Waals surface area contributed by atoms with Gasteiger partial charge in [0.2, 0.25) is 0 Å². The quantitative estimate of drug-likeness (QED) is 0.758. The number of benzene rings is 1. The van der Waals surface area contributed by atoms with E-state index in [1.807, 2.05) is 0 Å². The molecule has 3 nitrogen and oxygen atoms in total. The average molecular weight is 366 g/mol. The SMILES string of the molecule is CC1CN(C(=O)c2ccc(Br)cc2C(F)(F)F)C(C)CO1. The zero-order valence-corrected chi connectivity index (χ0v) is 13.2. The van der Waals surface area contributed by atoms with Crippen LogP contribution < -0.4 is 0 Å². The molecule has 2 atom stereocenters. The van der Waals surface area contributed by atoms with Crippen LogP contribution in [0.2, 0.25) is 0 Å². The summed E-state index contributed by atoms with van der Waals surface area (Å²) < 4.78 is 45.0. The number of morpholine rings is 1. The Morgan fingerprint density at radius 2 is 2.05 bits per heavy atom. The van der Waals surface area contributed by atoms with Crippen molar-refractivity contribution in [3.63, 3.8) is 0 Å². The van der Waals surface area contributed by atoms with Gasteiger partial charge in [0.05, 0.1) is 29.9 Å². The molecule has 0 aliphatic carbocycles. The van der Waals surface area contributed by atoms with E-state index in [-0.39, 0.29) is 28.7 Å². The Bertz CT molecular complexity index is 548. The fraction of sp³-hybridized carbons (Fsp3) is 0.500. The molecule has 0 radical (unpaired) electrons. The molecule has 7 heteroatoms. The van der Waals surface area contributed by atoms with E-state index >= 15 is 0 Å². The molecule has 1 aromatic carbocycles. The third kappa shape index (κ3) is 3.58. The molecule has 2 unspecified atom stereocenters. The average Bonchev–Trinajstić information content (AvgIpc) is 2.40. The minimum atomic E-state index is -4.57. The highest BCUT2D eigenvalue weighted by Crippen LogP contribution is 2.34. The Morgan fingerprint density at radius 1 is 1.38 bits per heavy atom. The highest BCUT2D eigenvalue weighted by atomic mass is 79.9. The molecule has 1 heterocycles. The molecule has 1 aliphatic rings. The summed E-state index contributed by atoms with van der Waals surface area (Å²) in [5.74, 6) is -0.613. The molecule has 1 aromatic rings. The van der Waals surface area contributed by atoms with Crippen LogP contribution in [0, 0.1) is 0 Å². The molecule has 1 saturated heterocycles. The summed E-state index contributed by atoms with van der Waals surface area (Å²) in [6.45, 7) is 4.16. The zero-order chi connectivity index (χ0) is 15.8. The van der Waals surface area contributed by atoms with E-state index in [9.17, 15) is 18.0 Å². The second-order valence-corrected chi connectivity index (χ2v) is 6.05. The predicted octanol–water partition coefficient (Wildman–Crippen LogP) is 3.72. The summed E-state index contributed by atoms with van der Waals surface area (Å²) in [4.78, 5) is 13.9. The van der Waals surface area contributed by atoms with E-state index in [2.05, 4.69) is 15.9 Å². The van der Waals surface area contributed by atoms with Gasteiger partial charge in [-0.2, -0.15) is 13.2 Å². The Balaban J connectivity index is 2.39. The lowest BCUT2D eigenvalue weighted by Crippen LogP contribution is -2.50. The minimum Gasteiger partial charge on any atom is -0.375 e. The molecule has 2 rings (SSSR count). The van der Waals surface area contributed by atoms with Crippen LogP contribution in [-0.2, 0) is 10.9 Å². The van der Waals surface area contributed by atoms with Crippen LogP contribution in [-0.4, -0.2) is 36.1 Å². The van der Waals surface area contributed by atoms with Crippen molar-refractivity contribution in [1.82, 2.24) is 4.90 Å². The van der Waals surface area contributed by atoms with Crippen LogP contribution in [0.4, 0.5) is 13.2 Å². The maximum Gasteiger partial charge on any atom is 0.417 e. The highest BCUT2D eigenvalue weighted by Gasteiger charge is 2.38. The first-order chi connectivity index (χ1) is 9.70. The van der Waals surface area contributed by atoms with Crippen molar-refractivity contribution in [1.29, 1.82) is 0 Å². The smallest absolute Gasteiger partial charge is 0.375 e. The van der Waals surface area contributed by atoms with Gasteiger partial charge in [0.25, 0.3) is 5.91 Å². The molecule has 1 amide bonds. The van der Waals surface area contributed by atoms with E-state index in [1.165, 1.54) is 17.0 Å². The number of ether oxygens (including phenoxy) is 1. The van der Waals surface area contributed by atoms with Crippen LogP contribution in [0.1, 0.15) is 29.8 Å². The van der Waals surface area contributed by atoms with Crippen molar-refractivity contribution >= 4 is 21.8 Å². The van der Waals surface area contributed by atoms with E-state index in [0.29, 0.717) is 6.61 Å². The first-order valence-electron chi connectivity index (χ1n) is 6.49. The summed E-state index contributed by atoms with van der Waals surface area (Å²) in [5, 5.41) is 0. The molecule has 0 bridgehead atoms. The normalized spacial score (nSPS) is 23.2. The maximum absolute atomic E-state index is 13.1. The van der Waals surface area contributed by atoms with Crippen molar-refractivity contribution in [2.24, 2.45) is 0 Å². The summed E-state index contributed by atoms with van der Waals surface area (Å²) in [5.41, 5.74) is -1.25. The molecular formula is C14H15BrF3NO2. The molecule has 116 valence electrons. The third-order valence-corrected chi connectivity index (χ3v) is 3.88. The van der Waals surface area contributed by atoms with Crippen LogP contribution in [0.15, 0.2) is 22.7 Å². The van der Waals surface area contributed by atoms with Gasteiger partial charge in [-0.15, -0.1) is 0 Å². The molecule has 21 heavy (non-hydrogen) atoms. The number of carbonyl (C=O) groups excluding carboxylic acids is 1. The number of amides is 1. The molecule has 0 N–H and O–H groups in total. The monoisotopic (exact) mass is 365 g/mol. The van der Waals surface area contributed by atoms with Crippen LogP contribution in [0.3, 0.4) is 0 Å². The molecule has 0 saturated carbocycles. The van der Waals surface area contributed by atoms with Gasteiger partial charge in [0.1, 0.15) is 0 Å². The first-order valence-corrected chi connectivity index (χ1v) is 7.28. The zero-order valence-electron chi connectivity index (χ0n) is 11.6. The molecule has 1 aliphatic heterocycles. The van der Waals surface area contributed by atoms with E-state index < -0.39 is 17.6 Å². The topological polar surface area (TPSA) is 29.5 Å². The summed E-state index contributed by atoms with van der Waals surface area (Å²) in [6, 6.07) is 3.33. The van der Waals surface area contributed by atoms with Crippen LogP contribution in [0.25, 0.3) is 0 Å². The van der Waals surface area contributed by atoms with Crippen molar-refractivity contribution in [3.05, 3.63) is 33.8 Å². The number of nitrogens with zero attached hydrogens (tertiary/aromatic N) is 1. The van der Waals surface area contributed by atoms with Gasteiger partial charge < -0.3 is 9.64 Å². The number of hydrogen-bond acceptors (Lipinski definition) is 2. The number of hydrogen-bond donors (Lipinski definition) is 0. The Hall–Kier alpha value is -1.08. The first kappa shape index (κ1) is 16.3.